The molecule has 2 heterocycles. The molecule has 2 fully saturated rings. The number of rotatable bonds is 6. The smallest absolute Gasteiger partial charge is 0.236 e. The van der Waals surface area contributed by atoms with Crippen LogP contribution in [0.4, 0.5) is 5.69 Å². The van der Waals surface area contributed by atoms with Crippen LogP contribution in [0.1, 0.15) is 18.5 Å². The topological polar surface area (TPSA) is 39.3 Å². The summed E-state index contributed by atoms with van der Waals surface area (Å²) in [5.74, 6) is 1.15. The highest BCUT2D eigenvalue weighted by Crippen LogP contribution is 2.22. The molecule has 31 heavy (non-hydrogen) atoms. The Kier molecular flexibility index (Phi) is 7.10. The average Bonchev–Trinajstić information content (AvgIpc) is 2.85. The van der Waals surface area contributed by atoms with Crippen molar-refractivity contribution in [2.45, 2.75) is 13.0 Å². The van der Waals surface area contributed by atoms with Crippen LogP contribution < -0.4 is 9.64 Å². The molecule has 6 nitrogen and oxygen atoms in total. The van der Waals surface area contributed by atoms with Gasteiger partial charge in [0.2, 0.25) is 5.91 Å². The molecule has 6 heteroatoms. The molecule has 0 bridgehead atoms. The second-order valence-corrected chi connectivity index (χ2v) is 8.46. The van der Waals surface area contributed by atoms with E-state index in [0.717, 1.165) is 58.1 Å². The lowest BCUT2D eigenvalue weighted by Gasteiger charge is -2.40. The first kappa shape index (κ1) is 21.7. The molecule has 0 radical (unpaired) electrons. The van der Waals surface area contributed by atoms with Crippen molar-refractivity contribution in [1.82, 2.24) is 14.7 Å². The third-order valence-corrected chi connectivity index (χ3v) is 6.67. The number of hydrogen-bond donors (Lipinski definition) is 0. The summed E-state index contributed by atoms with van der Waals surface area (Å²) in [6, 6.07) is 19.2. The van der Waals surface area contributed by atoms with Crippen molar-refractivity contribution in [3.8, 4) is 5.75 Å². The monoisotopic (exact) mass is 422 g/mol. The number of methoxy groups -OCH3 is 1. The summed E-state index contributed by atoms with van der Waals surface area (Å²) in [6.07, 6.45) is 0. The van der Waals surface area contributed by atoms with Gasteiger partial charge < -0.3 is 14.5 Å². The van der Waals surface area contributed by atoms with Crippen LogP contribution in [-0.2, 0) is 4.79 Å². The Hall–Kier alpha value is -2.57. The van der Waals surface area contributed by atoms with E-state index in [1.807, 2.05) is 17.0 Å². The lowest BCUT2D eigenvalue weighted by Crippen LogP contribution is -2.54. The maximum Gasteiger partial charge on any atom is 0.236 e. The number of carbonyl (C=O) groups is 1. The molecule has 4 rings (SSSR count). The summed E-state index contributed by atoms with van der Waals surface area (Å²) in [6.45, 7) is 10.0. The average molecular weight is 423 g/mol. The van der Waals surface area contributed by atoms with Gasteiger partial charge in [0.15, 0.2) is 0 Å². The van der Waals surface area contributed by atoms with E-state index >= 15 is 0 Å². The van der Waals surface area contributed by atoms with Crippen LogP contribution in [0.15, 0.2) is 54.6 Å². The van der Waals surface area contributed by atoms with Gasteiger partial charge in [0.1, 0.15) is 5.75 Å². The van der Waals surface area contributed by atoms with Crippen molar-refractivity contribution in [3.05, 3.63) is 60.2 Å². The van der Waals surface area contributed by atoms with Crippen LogP contribution in [0.2, 0.25) is 0 Å². The molecule has 2 aromatic rings. The normalized spacial score (nSPS) is 19.3. The van der Waals surface area contributed by atoms with Gasteiger partial charge in [-0.15, -0.1) is 0 Å². The van der Waals surface area contributed by atoms with Gasteiger partial charge >= 0.3 is 0 Å². The predicted octanol–water partition coefficient (Wildman–Crippen LogP) is 2.72. The second-order valence-electron chi connectivity index (χ2n) is 8.46. The number of hydrogen-bond acceptors (Lipinski definition) is 5. The lowest BCUT2D eigenvalue weighted by molar-refractivity contribution is -0.134. The Labute approximate surface area is 186 Å². The molecule has 0 saturated carbocycles. The fourth-order valence-electron chi connectivity index (χ4n) is 4.55. The van der Waals surface area contributed by atoms with Crippen LogP contribution >= 0.6 is 0 Å². The minimum Gasteiger partial charge on any atom is -0.497 e. The SMILES string of the molecule is COc1ccc(N2CCN(CC(=O)N3CCN([C@H](C)c4ccccc4)CC3)CC2)cc1. The summed E-state index contributed by atoms with van der Waals surface area (Å²) < 4.78 is 5.25. The van der Waals surface area contributed by atoms with Crippen LogP contribution in [0.25, 0.3) is 0 Å². The highest BCUT2D eigenvalue weighted by atomic mass is 16.5. The number of anilines is 1. The highest BCUT2D eigenvalue weighted by Gasteiger charge is 2.26. The zero-order valence-electron chi connectivity index (χ0n) is 18.7. The van der Waals surface area contributed by atoms with E-state index in [2.05, 4.69) is 64.1 Å². The standard InChI is InChI=1S/C25H34N4O2/c1-21(22-6-4-3-5-7-22)27-16-18-29(19-17-27)25(30)20-26-12-14-28(15-13-26)23-8-10-24(31-2)11-9-23/h3-11,21H,12-20H2,1-2H3/t21-/m1/s1. The molecular weight excluding hydrogens is 388 g/mol. The van der Waals surface area contributed by atoms with Crippen LogP contribution in [0.3, 0.4) is 0 Å². The molecule has 2 saturated heterocycles. The van der Waals surface area contributed by atoms with E-state index in [1.165, 1.54) is 11.3 Å². The minimum atomic E-state index is 0.268. The summed E-state index contributed by atoms with van der Waals surface area (Å²) in [5.41, 5.74) is 2.56. The van der Waals surface area contributed by atoms with Gasteiger partial charge in [0.05, 0.1) is 13.7 Å². The molecule has 1 atom stereocenters. The fourth-order valence-corrected chi connectivity index (χ4v) is 4.55. The van der Waals surface area contributed by atoms with E-state index in [9.17, 15) is 4.79 Å². The maximum atomic E-state index is 12.9. The van der Waals surface area contributed by atoms with Crippen molar-refractivity contribution in [3.63, 3.8) is 0 Å². The van der Waals surface area contributed by atoms with Gasteiger partial charge in [-0.05, 0) is 36.8 Å². The number of nitrogens with zero attached hydrogens (tertiary/aromatic N) is 4. The molecule has 1 amide bonds. The van der Waals surface area contributed by atoms with Crippen molar-refractivity contribution in [2.75, 3.05) is 70.9 Å². The minimum absolute atomic E-state index is 0.268. The van der Waals surface area contributed by atoms with Crippen molar-refractivity contribution in [2.24, 2.45) is 0 Å². The number of amides is 1. The number of piperazine rings is 2. The van der Waals surface area contributed by atoms with E-state index < -0.39 is 0 Å². The lowest BCUT2D eigenvalue weighted by atomic mass is 10.1. The Morgan fingerprint density at radius 2 is 1.52 bits per heavy atom. The number of carbonyl (C=O) groups excluding carboxylic acids is 1. The van der Waals surface area contributed by atoms with E-state index in [0.29, 0.717) is 12.6 Å². The van der Waals surface area contributed by atoms with Gasteiger partial charge in [-0.2, -0.15) is 0 Å². The molecule has 0 unspecified atom stereocenters. The Bertz CT molecular complexity index is 826. The largest absolute Gasteiger partial charge is 0.497 e. The first-order valence-electron chi connectivity index (χ1n) is 11.3. The zero-order chi connectivity index (χ0) is 21.6. The molecule has 0 aromatic heterocycles. The molecule has 0 aliphatic carbocycles. The Morgan fingerprint density at radius 1 is 0.871 bits per heavy atom. The number of ether oxygens (including phenoxy) is 1. The predicted molar refractivity (Wildman–Crippen MR) is 125 cm³/mol. The van der Waals surface area contributed by atoms with Crippen LogP contribution in [0.5, 0.6) is 5.75 Å². The Balaban J connectivity index is 1.21. The zero-order valence-corrected chi connectivity index (χ0v) is 18.7. The molecule has 2 aromatic carbocycles. The Morgan fingerprint density at radius 3 is 2.13 bits per heavy atom. The quantitative estimate of drug-likeness (QED) is 0.716. The van der Waals surface area contributed by atoms with Crippen molar-refractivity contribution >= 4 is 11.6 Å². The van der Waals surface area contributed by atoms with Gasteiger partial charge in [-0.3, -0.25) is 14.6 Å². The molecule has 2 aliphatic heterocycles. The highest BCUT2D eigenvalue weighted by molar-refractivity contribution is 5.78. The van der Waals surface area contributed by atoms with Gasteiger partial charge in [-0.25, -0.2) is 0 Å². The third kappa shape index (κ3) is 5.38. The van der Waals surface area contributed by atoms with Crippen molar-refractivity contribution < 1.29 is 9.53 Å². The van der Waals surface area contributed by atoms with E-state index in [1.54, 1.807) is 7.11 Å². The van der Waals surface area contributed by atoms with Gasteiger partial charge in [-0.1, -0.05) is 30.3 Å². The van der Waals surface area contributed by atoms with Crippen LogP contribution in [-0.4, -0.2) is 86.6 Å². The molecule has 2 aliphatic rings. The molecule has 166 valence electrons. The van der Waals surface area contributed by atoms with E-state index in [4.69, 9.17) is 4.74 Å². The summed E-state index contributed by atoms with van der Waals surface area (Å²) in [5, 5.41) is 0. The second kappa shape index (κ2) is 10.2. The fraction of sp³-hybridized carbons (Fsp3) is 0.480. The van der Waals surface area contributed by atoms with Gasteiger partial charge in [0, 0.05) is 64.1 Å². The first-order valence-corrected chi connectivity index (χ1v) is 11.3. The number of benzene rings is 2. The van der Waals surface area contributed by atoms with Crippen molar-refractivity contribution in [1.29, 1.82) is 0 Å². The summed E-state index contributed by atoms with van der Waals surface area (Å²) in [7, 11) is 1.69. The maximum absolute atomic E-state index is 12.9. The molecule has 0 N–H and O–H groups in total. The van der Waals surface area contributed by atoms with Gasteiger partial charge in [0.25, 0.3) is 0 Å². The van der Waals surface area contributed by atoms with Crippen LogP contribution in [0, 0.1) is 0 Å². The summed E-state index contributed by atoms with van der Waals surface area (Å²) >= 11 is 0. The molecular formula is C25H34N4O2. The summed E-state index contributed by atoms with van der Waals surface area (Å²) in [4.78, 5) is 22.1. The third-order valence-electron chi connectivity index (χ3n) is 6.67. The first-order chi connectivity index (χ1) is 15.1. The molecule has 0 spiro atoms. The van der Waals surface area contributed by atoms with E-state index in [-0.39, 0.29) is 5.91 Å².